The van der Waals surface area contributed by atoms with Crippen molar-refractivity contribution in [3.05, 3.63) is 29.0 Å². The molecule has 0 aromatic heterocycles. The van der Waals surface area contributed by atoms with Gasteiger partial charge in [-0.25, -0.2) is 4.39 Å². The van der Waals surface area contributed by atoms with Crippen molar-refractivity contribution in [3.63, 3.8) is 0 Å². The predicted molar refractivity (Wildman–Crippen MR) is 39.7 cm³/mol. The van der Waals surface area contributed by atoms with Crippen LogP contribution in [0.4, 0.5) is 8.28 Å². The highest BCUT2D eigenvalue weighted by Gasteiger charge is 2.18. The lowest BCUT2D eigenvalue weighted by atomic mass is 10.3. The third-order valence-electron chi connectivity index (χ3n) is 1.18. The average Bonchev–Trinajstić information content (AvgIpc) is 1.92. The summed E-state index contributed by atoms with van der Waals surface area (Å²) in [7, 11) is -5.02. The molecule has 0 aliphatic rings. The number of halogens is 3. The first-order chi connectivity index (χ1) is 5.43. The van der Waals surface area contributed by atoms with E-state index in [1.165, 1.54) is 0 Å². The normalized spacial score (nSPS) is 11.6. The summed E-state index contributed by atoms with van der Waals surface area (Å²) in [5.41, 5.74) is 0. The Morgan fingerprint density at radius 3 is 2.33 bits per heavy atom. The number of rotatable bonds is 1. The van der Waals surface area contributed by atoms with E-state index in [1.807, 2.05) is 0 Å². The minimum absolute atomic E-state index is 0.422. The fraction of sp³-hybridized carbons (Fsp3) is 0. The fourth-order valence-electron chi connectivity index (χ4n) is 0.672. The Bertz CT molecular complexity index is 402. The topological polar surface area (TPSA) is 34.1 Å². The summed E-state index contributed by atoms with van der Waals surface area (Å²) in [5, 5.41) is -0.422. The standard InChI is InChI=1S/C6H3ClF2O2S/c7-4-2-1-3-5(6(4)8)12(9,10)11/h1-3H. The van der Waals surface area contributed by atoms with Crippen LogP contribution in [0.3, 0.4) is 0 Å². The van der Waals surface area contributed by atoms with Gasteiger partial charge in [-0.2, -0.15) is 8.42 Å². The molecular weight excluding hydrogens is 210 g/mol. The van der Waals surface area contributed by atoms with Gasteiger partial charge in [0.15, 0.2) is 5.82 Å². The maximum Gasteiger partial charge on any atom is 0.335 e. The van der Waals surface area contributed by atoms with Crippen molar-refractivity contribution in [3.8, 4) is 0 Å². The van der Waals surface area contributed by atoms with Crippen LogP contribution in [0.15, 0.2) is 23.1 Å². The summed E-state index contributed by atoms with van der Waals surface area (Å²) in [6, 6.07) is 3.08. The van der Waals surface area contributed by atoms with Crippen molar-refractivity contribution in [2.24, 2.45) is 0 Å². The first kappa shape index (κ1) is 9.41. The fourth-order valence-corrected chi connectivity index (χ4v) is 1.47. The molecule has 0 heterocycles. The smallest absolute Gasteiger partial charge is 0.204 e. The second-order valence-electron chi connectivity index (χ2n) is 1.99. The molecular formula is C6H3ClF2O2S. The summed E-state index contributed by atoms with van der Waals surface area (Å²) in [5.74, 6) is -1.26. The van der Waals surface area contributed by atoms with Gasteiger partial charge in [0, 0.05) is 0 Å². The van der Waals surface area contributed by atoms with E-state index in [9.17, 15) is 16.7 Å². The molecule has 0 bridgehead atoms. The maximum atomic E-state index is 12.7. The number of benzene rings is 1. The Morgan fingerprint density at radius 2 is 1.92 bits per heavy atom. The van der Waals surface area contributed by atoms with E-state index < -0.39 is 26.0 Å². The largest absolute Gasteiger partial charge is 0.335 e. The van der Waals surface area contributed by atoms with E-state index in [0.717, 1.165) is 18.2 Å². The summed E-state index contributed by atoms with van der Waals surface area (Å²) in [4.78, 5) is -1.03. The molecule has 6 heteroatoms. The number of hydrogen-bond acceptors (Lipinski definition) is 2. The third kappa shape index (κ3) is 1.73. The Kier molecular flexibility index (Phi) is 2.34. The molecule has 12 heavy (non-hydrogen) atoms. The lowest BCUT2D eigenvalue weighted by molar-refractivity contribution is 0.533. The maximum absolute atomic E-state index is 12.7. The monoisotopic (exact) mass is 212 g/mol. The summed E-state index contributed by atoms with van der Waals surface area (Å²) < 4.78 is 45.5. The molecule has 0 atom stereocenters. The zero-order chi connectivity index (χ0) is 9.35. The van der Waals surface area contributed by atoms with Crippen LogP contribution >= 0.6 is 11.6 Å². The molecule has 0 N–H and O–H groups in total. The van der Waals surface area contributed by atoms with Crippen LogP contribution in [0, 0.1) is 5.82 Å². The second kappa shape index (κ2) is 2.99. The molecule has 0 aliphatic heterocycles. The molecule has 1 aromatic carbocycles. The minimum Gasteiger partial charge on any atom is -0.204 e. The van der Waals surface area contributed by atoms with E-state index in [4.69, 9.17) is 11.6 Å². The molecule has 0 fully saturated rings. The van der Waals surface area contributed by atoms with E-state index in [-0.39, 0.29) is 0 Å². The molecule has 0 spiro atoms. The van der Waals surface area contributed by atoms with Crippen molar-refractivity contribution in [2.75, 3.05) is 0 Å². The van der Waals surface area contributed by atoms with Crippen LogP contribution in [0.25, 0.3) is 0 Å². The van der Waals surface area contributed by atoms with Gasteiger partial charge in [0.25, 0.3) is 0 Å². The van der Waals surface area contributed by atoms with Crippen LogP contribution in [0.1, 0.15) is 0 Å². The second-order valence-corrected chi connectivity index (χ2v) is 3.71. The summed E-state index contributed by atoms with van der Waals surface area (Å²) >= 11 is 5.21. The van der Waals surface area contributed by atoms with Gasteiger partial charge in [0.1, 0.15) is 4.90 Å². The highest BCUT2D eigenvalue weighted by Crippen LogP contribution is 2.22. The third-order valence-corrected chi connectivity index (χ3v) is 2.31. The van der Waals surface area contributed by atoms with Crippen molar-refractivity contribution in [1.82, 2.24) is 0 Å². The predicted octanol–water partition coefficient (Wildman–Crippen LogP) is 2.14. The van der Waals surface area contributed by atoms with E-state index in [0.29, 0.717) is 0 Å². The van der Waals surface area contributed by atoms with Crippen LogP contribution in [0.2, 0.25) is 5.02 Å². The van der Waals surface area contributed by atoms with Crippen molar-refractivity contribution in [2.45, 2.75) is 4.90 Å². The summed E-state index contributed by atoms with van der Waals surface area (Å²) in [6.07, 6.45) is 0. The molecule has 0 unspecified atom stereocenters. The average molecular weight is 213 g/mol. The van der Waals surface area contributed by atoms with Gasteiger partial charge in [0.2, 0.25) is 0 Å². The molecule has 1 aromatic rings. The molecule has 0 saturated heterocycles. The molecule has 0 amide bonds. The first-order valence-electron chi connectivity index (χ1n) is 2.81. The van der Waals surface area contributed by atoms with Gasteiger partial charge in [0.05, 0.1) is 5.02 Å². The Hall–Kier alpha value is -0.680. The quantitative estimate of drug-likeness (QED) is 0.669. The van der Waals surface area contributed by atoms with Gasteiger partial charge in [-0.1, -0.05) is 17.7 Å². The van der Waals surface area contributed by atoms with E-state index in [1.54, 1.807) is 0 Å². The van der Waals surface area contributed by atoms with Crippen LogP contribution in [-0.4, -0.2) is 8.42 Å². The van der Waals surface area contributed by atoms with E-state index in [2.05, 4.69) is 0 Å². The zero-order valence-electron chi connectivity index (χ0n) is 5.59. The van der Waals surface area contributed by atoms with Crippen molar-refractivity contribution >= 4 is 21.8 Å². The van der Waals surface area contributed by atoms with Gasteiger partial charge in [-0.3, -0.25) is 0 Å². The Morgan fingerprint density at radius 1 is 1.33 bits per heavy atom. The van der Waals surface area contributed by atoms with Gasteiger partial charge in [-0.15, -0.1) is 3.89 Å². The first-order valence-corrected chi connectivity index (χ1v) is 4.58. The molecule has 0 aliphatic carbocycles. The Balaban J connectivity index is 3.47. The number of hydrogen-bond donors (Lipinski definition) is 0. The molecule has 1 rings (SSSR count). The molecule has 0 saturated carbocycles. The van der Waals surface area contributed by atoms with Crippen molar-refractivity contribution < 1.29 is 16.7 Å². The lowest BCUT2D eigenvalue weighted by Gasteiger charge is -1.97. The molecule has 0 radical (unpaired) electrons. The SMILES string of the molecule is O=S(=O)(F)c1cccc(Cl)c1F. The molecule has 66 valence electrons. The van der Waals surface area contributed by atoms with Gasteiger partial charge < -0.3 is 0 Å². The minimum atomic E-state index is -5.02. The van der Waals surface area contributed by atoms with E-state index >= 15 is 0 Å². The van der Waals surface area contributed by atoms with Crippen LogP contribution in [-0.2, 0) is 10.2 Å². The Labute approximate surface area is 73.0 Å². The zero-order valence-corrected chi connectivity index (χ0v) is 7.16. The van der Waals surface area contributed by atoms with Crippen molar-refractivity contribution in [1.29, 1.82) is 0 Å². The van der Waals surface area contributed by atoms with Gasteiger partial charge >= 0.3 is 10.2 Å². The van der Waals surface area contributed by atoms with Crippen LogP contribution in [0.5, 0.6) is 0 Å². The highest BCUT2D eigenvalue weighted by molar-refractivity contribution is 7.86. The lowest BCUT2D eigenvalue weighted by Crippen LogP contribution is -1.96. The van der Waals surface area contributed by atoms with Gasteiger partial charge in [-0.05, 0) is 12.1 Å². The van der Waals surface area contributed by atoms with Crippen LogP contribution < -0.4 is 0 Å². The molecule has 2 nitrogen and oxygen atoms in total. The summed E-state index contributed by atoms with van der Waals surface area (Å²) in [6.45, 7) is 0. The highest BCUT2D eigenvalue weighted by atomic mass is 35.5.